The van der Waals surface area contributed by atoms with Crippen molar-refractivity contribution in [2.45, 2.75) is 45.3 Å². The summed E-state index contributed by atoms with van der Waals surface area (Å²) in [7, 11) is 1.68. The van der Waals surface area contributed by atoms with Gasteiger partial charge in [-0.15, -0.1) is 0 Å². The molecule has 1 atom stereocenters. The van der Waals surface area contributed by atoms with Gasteiger partial charge in [-0.05, 0) is 62.9 Å². The van der Waals surface area contributed by atoms with Gasteiger partial charge in [-0.3, -0.25) is 0 Å². The molecule has 0 spiro atoms. The highest BCUT2D eigenvalue weighted by atomic mass is 16.6. The van der Waals surface area contributed by atoms with E-state index in [9.17, 15) is 4.79 Å². The summed E-state index contributed by atoms with van der Waals surface area (Å²) < 4.78 is 22.7. The third-order valence-corrected chi connectivity index (χ3v) is 5.00. The number of amides is 1. The van der Waals surface area contributed by atoms with Crippen LogP contribution < -0.4 is 9.47 Å². The maximum absolute atomic E-state index is 12.4. The van der Waals surface area contributed by atoms with Gasteiger partial charge in [0.2, 0.25) is 0 Å². The van der Waals surface area contributed by atoms with Crippen molar-refractivity contribution in [1.82, 2.24) is 4.90 Å². The van der Waals surface area contributed by atoms with Crippen molar-refractivity contribution >= 4 is 6.09 Å². The van der Waals surface area contributed by atoms with Gasteiger partial charge in [0.05, 0.1) is 20.3 Å². The van der Waals surface area contributed by atoms with Crippen LogP contribution >= 0.6 is 0 Å². The normalized spacial score (nSPS) is 16.6. The summed E-state index contributed by atoms with van der Waals surface area (Å²) in [5.41, 5.74) is 1.85. The molecule has 6 heteroatoms. The average Bonchev–Trinajstić information content (AvgIpc) is 2.76. The Balaban J connectivity index is 1.55. The van der Waals surface area contributed by atoms with Crippen LogP contribution in [-0.4, -0.2) is 56.1 Å². The fraction of sp³-hybridized carbons (Fsp3) is 0.480. The zero-order valence-electron chi connectivity index (χ0n) is 18.9. The smallest absolute Gasteiger partial charge is 0.410 e. The number of hydrogen-bond acceptors (Lipinski definition) is 5. The quantitative estimate of drug-likeness (QED) is 0.651. The van der Waals surface area contributed by atoms with Crippen molar-refractivity contribution in [3.05, 3.63) is 59.7 Å². The van der Waals surface area contributed by atoms with E-state index in [1.54, 1.807) is 12.0 Å². The highest BCUT2D eigenvalue weighted by Crippen LogP contribution is 2.22. The first-order chi connectivity index (χ1) is 14.8. The first kappa shape index (κ1) is 22.9. The van der Waals surface area contributed by atoms with Crippen LogP contribution in [0.5, 0.6) is 11.5 Å². The summed E-state index contributed by atoms with van der Waals surface area (Å²) in [5, 5.41) is 0. The molecular weight excluding hydrogens is 394 g/mol. The Morgan fingerprint density at radius 3 is 2.71 bits per heavy atom. The van der Waals surface area contributed by atoms with Crippen LogP contribution in [-0.2, 0) is 22.3 Å². The third-order valence-electron chi connectivity index (χ3n) is 5.00. The second kappa shape index (κ2) is 10.5. The lowest BCUT2D eigenvalue weighted by Gasteiger charge is -2.34. The number of nitrogens with zero attached hydrogens (tertiary/aromatic N) is 1. The summed E-state index contributed by atoms with van der Waals surface area (Å²) in [4.78, 5) is 14.0. The van der Waals surface area contributed by atoms with Gasteiger partial charge in [0, 0.05) is 6.54 Å². The van der Waals surface area contributed by atoms with E-state index in [1.807, 2.05) is 51.1 Å². The van der Waals surface area contributed by atoms with E-state index in [-0.39, 0.29) is 12.2 Å². The van der Waals surface area contributed by atoms with E-state index in [1.165, 1.54) is 5.56 Å². The summed E-state index contributed by atoms with van der Waals surface area (Å²) >= 11 is 0. The molecule has 0 aromatic heterocycles. The van der Waals surface area contributed by atoms with Gasteiger partial charge in [0.1, 0.15) is 29.8 Å². The van der Waals surface area contributed by atoms with E-state index in [2.05, 4.69) is 18.2 Å². The Labute approximate surface area is 185 Å². The molecule has 0 unspecified atom stereocenters. The Kier molecular flexibility index (Phi) is 7.80. The van der Waals surface area contributed by atoms with Crippen molar-refractivity contribution < 1.29 is 23.7 Å². The summed E-state index contributed by atoms with van der Waals surface area (Å²) in [6.45, 7) is 7.46. The third kappa shape index (κ3) is 7.17. The van der Waals surface area contributed by atoms with Crippen LogP contribution in [0.3, 0.4) is 0 Å². The largest absolute Gasteiger partial charge is 0.497 e. The lowest BCUT2D eigenvalue weighted by molar-refractivity contribution is -0.0558. The number of ether oxygens (including phenoxy) is 4. The molecule has 1 fully saturated rings. The van der Waals surface area contributed by atoms with Gasteiger partial charge < -0.3 is 23.8 Å². The minimum atomic E-state index is -0.511. The minimum absolute atomic E-state index is 0.187. The molecule has 0 bridgehead atoms. The van der Waals surface area contributed by atoms with E-state index in [4.69, 9.17) is 18.9 Å². The topological polar surface area (TPSA) is 57.2 Å². The molecule has 0 saturated carbocycles. The van der Waals surface area contributed by atoms with E-state index < -0.39 is 5.60 Å². The molecule has 0 radical (unpaired) electrons. The Hall–Kier alpha value is -2.73. The van der Waals surface area contributed by atoms with E-state index in [0.717, 1.165) is 29.9 Å². The number of morpholine rings is 1. The van der Waals surface area contributed by atoms with Gasteiger partial charge in [0.15, 0.2) is 0 Å². The number of rotatable bonds is 7. The molecule has 2 aromatic carbocycles. The van der Waals surface area contributed by atoms with Crippen molar-refractivity contribution in [3.8, 4) is 11.5 Å². The average molecular weight is 428 g/mol. The predicted octanol–water partition coefficient (Wildman–Crippen LogP) is 4.50. The van der Waals surface area contributed by atoms with Crippen molar-refractivity contribution in [2.24, 2.45) is 0 Å². The highest BCUT2D eigenvalue weighted by Gasteiger charge is 2.28. The van der Waals surface area contributed by atoms with Crippen molar-refractivity contribution in [3.63, 3.8) is 0 Å². The SMILES string of the molecule is COc1cccc(CCc2ccccc2OC[C@@H]2CN(C(=O)OC(C)(C)C)CCO2)c1. The fourth-order valence-electron chi connectivity index (χ4n) is 3.45. The number of aryl methyl sites for hydroxylation is 2. The van der Waals surface area contributed by atoms with Crippen molar-refractivity contribution in [2.75, 3.05) is 33.4 Å². The van der Waals surface area contributed by atoms with Crippen molar-refractivity contribution in [1.29, 1.82) is 0 Å². The van der Waals surface area contributed by atoms with Crippen LogP contribution in [0.15, 0.2) is 48.5 Å². The van der Waals surface area contributed by atoms with Gasteiger partial charge in [-0.2, -0.15) is 0 Å². The predicted molar refractivity (Wildman–Crippen MR) is 120 cm³/mol. The molecule has 168 valence electrons. The molecule has 2 aromatic rings. The number of para-hydroxylation sites is 1. The van der Waals surface area contributed by atoms with Crippen LogP contribution in [0.25, 0.3) is 0 Å². The van der Waals surface area contributed by atoms with Gasteiger partial charge in [0.25, 0.3) is 0 Å². The van der Waals surface area contributed by atoms with Crippen LogP contribution in [0.1, 0.15) is 31.9 Å². The molecule has 3 rings (SSSR count). The van der Waals surface area contributed by atoms with Gasteiger partial charge in [-0.1, -0.05) is 30.3 Å². The second-order valence-corrected chi connectivity index (χ2v) is 8.69. The molecule has 31 heavy (non-hydrogen) atoms. The number of hydrogen-bond donors (Lipinski definition) is 0. The molecule has 1 amide bonds. The Morgan fingerprint density at radius 1 is 1.13 bits per heavy atom. The second-order valence-electron chi connectivity index (χ2n) is 8.69. The number of carbonyl (C=O) groups is 1. The molecule has 1 aliphatic heterocycles. The monoisotopic (exact) mass is 427 g/mol. The molecule has 0 aliphatic carbocycles. The molecular formula is C25H33NO5. The zero-order valence-corrected chi connectivity index (χ0v) is 18.9. The number of methoxy groups -OCH3 is 1. The maximum Gasteiger partial charge on any atom is 0.410 e. The lowest BCUT2D eigenvalue weighted by Crippen LogP contribution is -2.49. The summed E-state index contributed by atoms with van der Waals surface area (Å²) in [6.07, 6.45) is 1.26. The maximum atomic E-state index is 12.4. The molecule has 6 nitrogen and oxygen atoms in total. The molecule has 1 saturated heterocycles. The Bertz CT molecular complexity index is 861. The lowest BCUT2D eigenvalue weighted by atomic mass is 10.0. The van der Waals surface area contributed by atoms with Gasteiger partial charge >= 0.3 is 6.09 Å². The van der Waals surface area contributed by atoms with Crippen LogP contribution in [0, 0.1) is 0 Å². The fourth-order valence-corrected chi connectivity index (χ4v) is 3.45. The molecule has 1 heterocycles. The first-order valence-electron chi connectivity index (χ1n) is 10.8. The zero-order chi connectivity index (χ0) is 22.3. The highest BCUT2D eigenvalue weighted by molar-refractivity contribution is 5.68. The van der Waals surface area contributed by atoms with Crippen LogP contribution in [0.4, 0.5) is 4.79 Å². The Morgan fingerprint density at radius 2 is 1.94 bits per heavy atom. The van der Waals surface area contributed by atoms with Gasteiger partial charge in [-0.25, -0.2) is 4.79 Å². The first-order valence-corrected chi connectivity index (χ1v) is 10.8. The standard InChI is InChI=1S/C25H33NO5/c1-25(2,3)31-24(27)26-14-15-29-22(17-26)18-30-23-11-6-5-9-20(23)13-12-19-8-7-10-21(16-19)28-4/h5-11,16,22H,12-15,17-18H2,1-4H3/t22-/m0/s1. The number of benzene rings is 2. The van der Waals surface area contributed by atoms with Crippen LogP contribution in [0.2, 0.25) is 0 Å². The van der Waals surface area contributed by atoms with E-state index >= 15 is 0 Å². The summed E-state index contributed by atoms with van der Waals surface area (Å²) in [5.74, 6) is 1.72. The minimum Gasteiger partial charge on any atom is -0.497 e. The number of carbonyl (C=O) groups excluding carboxylic acids is 1. The summed E-state index contributed by atoms with van der Waals surface area (Å²) in [6, 6.07) is 16.2. The molecule has 1 aliphatic rings. The molecule has 0 N–H and O–H groups in total. The van der Waals surface area contributed by atoms with E-state index in [0.29, 0.717) is 26.3 Å².